The molecule has 0 radical (unpaired) electrons. The predicted molar refractivity (Wildman–Crippen MR) is 64.9 cm³/mol. The van der Waals surface area contributed by atoms with Gasteiger partial charge in [0.25, 0.3) is 0 Å². The lowest BCUT2D eigenvalue weighted by Crippen LogP contribution is -2.15. The SMILES string of the molecule is BN1C=C/C(=C/CC)c2ccccc21. The molecule has 0 aliphatic carbocycles. The van der Waals surface area contributed by atoms with Crippen LogP contribution in [0, 0.1) is 0 Å². The zero-order chi connectivity index (χ0) is 9.97. The molecular weight excluding hydrogens is 169 g/mol. The van der Waals surface area contributed by atoms with Crippen LogP contribution in [0.2, 0.25) is 0 Å². The Labute approximate surface area is 86.2 Å². The van der Waals surface area contributed by atoms with Gasteiger partial charge in [-0.25, -0.2) is 0 Å². The summed E-state index contributed by atoms with van der Waals surface area (Å²) in [5.74, 6) is 0. The third-order valence-electron chi connectivity index (χ3n) is 2.50. The second kappa shape index (κ2) is 3.75. The van der Waals surface area contributed by atoms with Crippen LogP contribution in [0.25, 0.3) is 5.57 Å². The van der Waals surface area contributed by atoms with Gasteiger partial charge in [0.15, 0.2) is 0 Å². The zero-order valence-corrected chi connectivity index (χ0v) is 8.70. The Morgan fingerprint density at radius 2 is 2.14 bits per heavy atom. The van der Waals surface area contributed by atoms with Crippen LogP contribution in [-0.2, 0) is 0 Å². The van der Waals surface area contributed by atoms with Crippen LogP contribution in [0.1, 0.15) is 18.9 Å². The van der Waals surface area contributed by atoms with Gasteiger partial charge in [0, 0.05) is 11.3 Å². The van der Waals surface area contributed by atoms with Crippen molar-refractivity contribution in [3.8, 4) is 0 Å². The number of fused-ring (bicyclic) bond motifs is 1. The average Bonchev–Trinajstić information content (AvgIpc) is 2.23. The summed E-state index contributed by atoms with van der Waals surface area (Å²) in [6, 6.07) is 8.51. The van der Waals surface area contributed by atoms with Crippen LogP contribution in [0.4, 0.5) is 5.69 Å². The van der Waals surface area contributed by atoms with Gasteiger partial charge < -0.3 is 4.81 Å². The molecule has 1 heterocycles. The standard InChI is InChI=1S/C12H14BN/c1-2-5-10-8-9-14(13)12-7-4-3-6-11(10)12/h3-9H,2,13H2,1H3/b10-5-. The van der Waals surface area contributed by atoms with Crippen LogP contribution in [0.15, 0.2) is 42.6 Å². The van der Waals surface area contributed by atoms with Gasteiger partial charge in [-0.15, -0.1) is 0 Å². The Bertz CT molecular complexity index is 393. The van der Waals surface area contributed by atoms with Crippen molar-refractivity contribution in [2.45, 2.75) is 13.3 Å². The molecule has 0 saturated heterocycles. The molecule has 0 aromatic heterocycles. The van der Waals surface area contributed by atoms with E-state index in [9.17, 15) is 0 Å². The largest absolute Gasteiger partial charge is 0.399 e. The minimum Gasteiger partial charge on any atom is -0.399 e. The normalized spacial score (nSPS) is 17.2. The molecule has 0 amide bonds. The molecule has 0 spiro atoms. The molecule has 0 fully saturated rings. The summed E-state index contributed by atoms with van der Waals surface area (Å²) in [6.07, 6.45) is 7.63. The Balaban J connectivity index is 2.53. The quantitative estimate of drug-likeness (QED) is 0.604. The minimum absolute atomic E-state index is 1.08. The van der Waals surface area contributed by atoms with Gasteiger partial charge in [-0.3, -0.25) is 0 Å². The maximum atomic E-state index is 2.27. The van der Waals surface area contributed by atoms with Crippen molar-refractivity contribution in [1.82, 2.24) is 0 Å². The van der Waals surface area contributed by atoms with E-state index >= 15 is 0 Å². The summed E-state index contributed by atoms with van der Waals surface area (Å²) in [7, 11) is 2.08. The molecule has 2 rings (SSSR count). The molecular formula is C12H14BN. The third-order valence-corrected chi connectivity index (χ3v) is 2.50. The first-order chi connectivity index (χ1) is 6.83. The topological polar surface area (TPSA) is 3.24 Å². The molecule has 1 aliphatic heterocycles. The summed E-state index contributed by atoms with van der Waals surface area (Å²) in [5.41, 5.74) is 3.95. The Morgan fingerprint density at radius 1 is 1.36 bits per heavy atom. The molecule has 0 saturated carbocycles. The lowest BCUT2D eigenvalue weighted by atomic mass is 9.97. The smallest absolute Gasteiger partial charge is 0.223 e. The van der Waals surface area contributed by atoms with Crippen molar-refractivity contribution in [3.05, 3.63) is 48.2 Å². The summed E-state index contributed by atoms with van der Waals surface area (Å²) in [4.78, 5) is 2.16. The number of anilines is 1. The van der Waals surface area contributed by atoms with Gasteiger partial charge in [-0.1, -0.05) is 31.2 Å². The maximum absolute atomic E-state index is 2.27. The van der Waals surface area contributed by atoms with E-state index in [2.05, 4.69) is 62.3 Å². The van der Waals surface area contributed by atoms with Crippen molar-refractivity contribution in [2.75, 3.05) is 4.81 Å². The Hall–Kier alpha value is -1.44. The summed E-state index contributed by atoms with van der Waals surface area (Å²) in [5, 5.41) is 0. The predicted octanol–water partition coefficient (Wildman–Crippen LogP) is 2.36. The van der Waals surface area contributed by atoms with E-state index in [1.807, 2.05) is 0 Å². The van der Waals surface area contributed by atoms with Gasteiger partial charge >= 0.3 is 0 Å². The summed E-state index contributed by atoms with van der Waals surface area (Å²) >= 11 is 0. The van der Waals surface area contributed by atoms with Gasteiger partial charge in [0.05, 0.1) is 0 Å². The molecule has 14 heavy (non-hydrogen) atoms. The number of hydrogen-bond donors (Lipinski definition) is 0. The Morgan fingerprint density at radius 3 is 2.93 bits per heavy atom. The molecule has 0 bridgehead atoms. The van der Waals surface area contributed by atoms with E-state index in [0.717, 1.165) is 6.42 Å². The van der Waals surface area contributed by atoms with E-state index in [0.29, 0.717) is 0 Å². The monoisotopic (exact) mass is 183 g/mol. The number of para-hydroxylation sites is 1. The first-order valence-corrected chi connectivity index (χ1v) is 5.03. The van der Waals surface area contributed by atoms with Crippen LogP contribution in [0.5, 0.6) is 0 Å². The lowest BCUT2D eigenvalue weighted by Gasteiger charge is -2.24. The number of hydrogen-bond acceptors (Lipinski definition) is 1. The number of benzene rings is 1. The highest BCUT2D eigenvalue weighted by Gasteiger charge is 2.10. The fourth-order valence-electron chi connectivity index (χ4n) is 1.79. The van der Waals surface area contributed by atoms with Crippen molar-refractivity contribution in [3.63, 3.8) is 0 Å². The van der Waals surface area contributed by atoms with Gasteiger partial charge in [-0.2, -0.15) is 0 Å². The molecule has 0 atom stereocenters. The van der Waals surface area contributed by atoms with Crippen LogP contribution < -0.4 is 4.81 Å². The molecule has 0 N–H and O–H groups in total. The number of nitrogens with zero attached hydrogens (tertiary/aromatic N) is 1. The Kier molecular flexibility index (Phi) is 2.44. The molecule has 70 valence electrons. The highest BCUT2D eigenvalue weighted by Crippen LogP contribution is 2.31. The molecule has 1 aliphatic rings. The summed E-state index contributed by atoms with van der Waals surface area (Å²) in [6.45, 7) is 2.17. The van der Waals surface area contributed by atoms with Crippen LogP contribution in [-0.4, -0.2) is 7.98 Å². The van der Waals surface area contributed by atoms with Crippen molar-refractivity contribution in [1.29, 1.82) is 0 Å². The van der Waals surface area contributed by atoms with E-state index in [1.165, 1.54) is 16.8 Å². The van der Waals surface area contributed by atoms with Crippen LogP contribution in [0.3, 0.4) is 0 Å². The second-order valence-electron chi connectivity index (χ2n) is 3.51. The second-order valence-corrected chi connectivity index (χ2v) is 3.51. The van der Waals surface area contributed by atoms with Gasteiger partial charge in [0.2, 0.25) is 7.98 Å². The number of allylic oxidation sites excluding steroid dienone is 3. The lowest BCUT2D eigenvalue weighted by molar-refractivity contribution is 1.22. The molecule has 1 aromatic rings. The number of rotatable bonds is 1. The molecule has 1 aromatic carbocycles. The van der Waals surface area contributed by atoms with Crippen molar-refractivity contribution < 1.29 is 0 Å². The fourth-order valence-corrected chi connectivity index (χ4v) is 1.79. The highest BCUT2D eigenvalue weighted by atomic mass is 15.0. The first kappa shape index (κ1) is 9.13. The molecule has 0 unspecified atom stereocenters. The highest BCUT2D eigenvalue weighted by molar-refractivity contribution is 6.20. The maximum Gasteiger partial charge on any atom is 0.223 e. The zero-order valence-electron chi connectivity index (χ0n) is 8.70. The van der Waals surface area contributed by atoms with E-state index in [1.54, 1.807) is 0 Å². The first-order valence-electron chi connectivity index (χ1n) is 5.03. The van der Waals surface area contributed by atoms with Gasteiger partial charge in [0.1, 0.15) is 0 Å². The minimum atomic E-state index is 1.08. The molecule has 1 nitrogen and oxygen atoms in total. The van der Waals surface area contributed by atoms with E-state index < -0.39 is 0 Å². The van der Waals surface area contributed by atoms with E-state index in [4.69, 9.17) is 0 Å². The van der Waals surface area contributed by atoms with Crippen molar-refractivity contribution in [2.24, 2.45) is 0 Å². The average molecular weight is 183 g/mol. The summed E-state index contributed by atoms with van der Waals surface area (Å²) < 4.78 is 0. The molecule has 2 heteroatoms. The van der Waals surface area contributed by atoms with Crippen molar-refractivity contribution >= 4 is 19.2 Å². The van der Waals surface area contributed by atoms with E-state index in [-0.39, 0.29) is 0 Å². The van der Waals surface area contributed by atoms with Gasteiger partial charge in [-0.05, 0) is 30.3 Å². The van der Waals surface area contributed by atoms with Crippen LogP contribution >= 0.6 is 0 Å². The third kappa shape index (κ3) is 1.48. The fraction of sp³-hybridized carbons (Fsp3) is 0.167.